The molecular weight excluding hydrogens is 366 g/mol. The zero-order valence-electron chi connectivity index (χ0n) is 17.7. The fourth-order valence-electron chi connectivity index (χ4n) is 4.19. The predicted octanol–water partition coefficient (Wildman–Crippen LogP) is 5.00. The third-order valence-corrected chi connectivity index (χ3v) is 5.57. The van der Waals surface area contributed by atoms with Gasteiger partial charge in [0.15, 0.2) is 0 Å². The normalized spacial score (nSPS) is 21.5. The number of benzene rings is 1. The summed E-state index contributed by atoms with van der Waals surface area (Å²) >= 11 is 0. The number of carbonyl (C=O) groups is 2. The number of allylic oxidation sites excluding steroid dienone is 1. The Labute approximate surface area is 173 Å². The average molecular weight is 398 g/mol. The molecule has 0 N–H and O–H groups in total. The van der Waals surface area contributed by atoms with Crippen LogP contribution >= 0.6 is 0 Å². The number of aliphatic imine (C=N–C) groups is 1. The average Bonchev–Trinajstić information content (AvgIpc) is 2.72. The minimum atomic E-state index is -0.410. The number of fused-ring (bicyclic) bond motifs is 1. The van der Waals surface area contributed by atoms with Crippen molar-refractivity contribution in [2.75, 3.05) is 13.2 Å². The lowest BCUT2D eigenvalue weighted by Crippen LogP contribution is -2.39. The van der Waals surface area contributed by atoms with Crippen LogP contribution in [-0.4, -0.2) is 30.7 Å². The molecule has 1 heterocycles. The Hall–Kier alpha value is -2.43. The van der Waals surface area contributed by atoms with E-state index in [-0.39, 0.29) is 11.8 Å². The fourth-order valence-corrected chi connectivity index (χ4v) is 4.19. The quantitative estimate of drug-likeness (QED) is 0.457. The van der Waals surface area contributed by atoms with Crippen LogP contribution in [0.15, 0.2) is 40.5 Å². The first-order chi connectivity index (χ1) is 14.1. The van der Waals surface area contributed by atoms with Crippen molar-refractivity contribution < 1.29 is 19.1 Å². The predicted molar refractivity (Wildman–Crippen MR) is 113 cm³/mol. The molecule has 0 amide bonds. The van der Waals surface area contributed by atoms with Crippen molar-refractivity contribution in [3.8, 4) is 5.75 Å². The number of rotatable bonds is 8. The zero-order valence-corrected chi connectivity index (χ0v) is 17.7. The highest BCUT2D eigenvalue weighted by molar-refractivity contribution is 6.11. The largest absolute Gasteiger partial charge is 0.493 e. The molecular formula is C24H31NO4. The zero-order chi connectivity index (χ0) is 20.8. The molecule has 1 saturated carbocycles. The number of nitrogens with zero attached hydrogens (tertiary/aromatic N) is 1. The molecule has 2 aliphatic rings. The van der Waals surface area contributed by atoms with Gasteiger partial charge in [-0.1, -0.05) is 38.5 Å². The summed E-state index contributed by atoms with van der Waals surface area (Å²) in [6.45, 7) is 6.89. The summed E-state index contributed by atoms with van der Waals surface area (Å²) in [6.07, 6.45) is 4.87. The number of carbonyl (C=O) groups excluding carboxylic acids is 2. The molecule has 0 spiro atoms. The highest BCUT2D eigenvalue weighted by atomic mass is 16.5. The van der Waals surface area contributed by atoms with Crippen molar-refractivity contribution >= 4 is 17.5 Å². The Morgan fingerprint density at radius 3 is 2.66 bits per heavy atom. The van der Waals surface area contributed by atoms with E-state index < -0.39 is 11.8 Å². The van der Waals surface area contributed by atoms with Gasteiger partial charge in [0.1, 0.15) is 11.5 Å². The van der Waals surface area contributed by atoms with E-state index in [2.05, 4.69) is 11.9 Å². The van der Waals surface area contributed by atoms with Gasteiger partial charge in [0.25, 0.3) is 0 Å². The third-order valence-electron chi connectivity index (χ3n) is 5.57. The maximum Gasteiger partial charge on any atom is 0.336 e. The molecule has 5 nitrogen and oxygen atoms in total. The molecule has 3 rings (SSSR count). The first-order valence-corrected chi connectivity index (χ1v) is 10.8. The van der Waals surface area contributed by atoms with Gasteiger partial charge in [-0.05, 0) is 38.7 Å². The van der Waals surface area contributed by atoms with E-state index in [0.717, 1.165) is 49.1 Å². The third kappa shape index (κ3) is 4.60. The van der Waals surface area contributed by atoms with Crippen molar-refractivity contribution in [3.63, 3.8) is 0 Å². The highest BCUT2D eigenvalue weighted by Crippen LogP contribution is 2.45. The number of Topliss-reactive ketones (excluding diaryl/α,β-unsaturated/α-hetero) is 1. The molecule has 1 aliphatic heterocycles. The van der Waals surface area contributed by atoms with Gasteiger partial charge in [-0.25, -0.2) is 4.79 Å². The van der Waals surface area contributed by atoms with E-state index in [1.54, 1.807) is 0 Å². The van der Waals surface area contributed by atoms with E-state index >= 15 is 0 Å². The van der Waals surface area contributed by atoms with E-state index in [1.165, 1.54) is 0 Å². The van der Waals surface area contributed by atoms with Crippen LogP contribution < -0.4 is 4.74 Å². The van der Waals surface area contributed by atoms with Gasteiger partial charge in [-0.3, -0.25) is 9.79 Å². The van der Waals surface area contributed by atoms with Crippen LogP contribution in [0.1, 0.15) is 70.8 Å². The van der Waals surface area contributed by atoms with Crippen molar-refractivity contribution in [3.05, 3.63) is 41.1 Å². The lowest BCUT2D eigenvalue weighted by atomic mass is 9.69. The summed E-state index contributed by atoms with van der Waals surface area (Å²) in [5.74, 6) is -0.306. The molecule has 156 valence electrons. The summed E-state index contributed by atoms with van der Waals surface area (Å²) in [6, 6.07) is 7.76. The second kappa shape index (κ2) is 9.86. The molecule has 0 saturated heterocycles. The number of ether oxygens (including phenoxy) is 2. The summed E-state index contributed by atoms with van der Waals surface area (Å²) in [5, 5.41) is 0. The maximum atomic E-state index is 13.0. The Morgan fingerprint density at radius 1 is 1.10 bits per heavy atom. The minimum Gasteiger partial charge on any atom is -0.493 e. The molecule has 29 heavy (non-hydrogen) atoms. The first kappa shape index (κ1) is 21.3. The molecule has 0 radical (unpaired) electrons. The molecule has 1 fully saturated rings. The van der Waals surface area contributed by atoms with Crippen LogP contribution in [0.5, 0.6) is 5.75 Å². The number of hydrogen-bond acceptors (Lipinski definition) is 5. The Bertz CT molecular complexity index is 824. The van der Waals surface area contributed by atoms with Crippen LogP contribution in [0.25, 0.3) is 0 Å². The number of hydrogen-bond donors (Lipinski definition) is 0. The first-order valence-electron chi connectivity index (χ1n) is 10.8. The summed E-state index contributed by atoms with van der Waals surface area (Å²) in [7, 11) is 0. The number of para-hydroxylation sites is 1. The van der Waals surface area contributed by atoms with Crippen LogP contribution in [0, 0.1) is 5.92 Å². The van der Waals surface area contributed by atoms with Crippen LogP contribution in [0.2, 0.25) is 0 Å². The Morgan fingerprint density at radius 2 is 1.90 bits per heavy atom. The number of unbranched alkanes of at least 4 members (excludes halogenated alkanes) is 1. The number of ketones is 1. The van der Waals surface area contributed by atoms with E-state index in [4.69, 9.17) is 9.47 Å². The molecule has 2 atom stereocenters. The molecule has 0 aromatic heterocycles. The summed E-state index contributed by atoms with van der Waals surface area (Å²) in [5.41, 5.74) is 2.91. The standard InChI is InChI=1S/C24H31NO4/c1-4-6-15-28-20-13-8-7-10-17(20)22-21(24(27)29-14-5-2)16(3)25-18-11-9-12-19(26)23(18)22/h7-8,10,13,22-23H,4-6,9,11-12,14-15H2,1-3H3/t22-,23?/m0/s1. The van der Waals surface area contributed by atoms with Gasteiger partial charge in [-0.15, -0.1) is 0 Å². The van der Waals surface area contributed by atoms with Crippen molar-refractivity contribution in [2.45, 2.75) is 65.2 Å². The second-order valence-electron chi connectivity index (χ2n) is 7.75. The summed E-state index contributed by atoms with van der Waals surface area (Å²) in [4.78, 5) is 30.7. The monoisotopic (exact) mass is 397 g/mol. The topological polar surface area (TPSA) is 65.0 Å². The fraction of sp³-hybridized carbons (Fsp3) is 0.542. The van der Waals surface area contributed by atoms with E-state index in [1.807, 2.05) is 38.1 Å². The molecule has 0 bridgehead atoms. The highest BCUT2D eigenvalue weighted by Gasteiger charge is 2.44. The van der Waals surface area contributed by atoms with Crippen molar-refractivity contribution in [1.82, 2.24) is 0 Å². The van der Waals surface area contributed by atoms with Gasteiger partial charge in [0.05, 0.1) is 24.7 Å². The Kier molecular flexibility index (Phi) is 7.24. The van der Waals surface area contributed by atoms with Crippen LogP contribution in [0.3, 0.4) is 0 Å². The van der Waals surface area contributed by atoms with E-state index in [9.17, 15) is 9.59 Å². The molecule has 1 aromatic carbocycles. The molecule has 5 heteroatoms. The van der Waals surface area contributed by atoms with Gasteiger partial charge in [-0.2, -0.15) is 0 Å². The van der Waals surface area contributed by atoms with Gasteiger partial charge in [0, 0.05) is 29.3 Å². The van der Waals surface area contributed by atoms with Crippen LogP contribution in [-0.2, 0) is 14.3 Å². The van der Waals surface area contributed by atoms with Crippen molar-refractivity contribution in [1.29, 1.82) is 0 Å². The summed E-state index contributed by atoms with van der Waals surface area (Å²) < 4.78 is 11.6. The SMILES string of the molecule is CCCCOc1ccccc1[C@H]1C(C(=O)OCCC)=C(C)N=C2CCCC(=O)C21. The van der Waals surface area contributed by atoms with Gasteiger partial charge >= 0.3 is 5.97 Å². The Balaban J connectivity index is 2.08. The number of esters is 1. The second-order valence-corrected chi connectivity index (χ2v) is 7.75. The van der Waals surface area contributed by atoms with Crippen LogP contribution in [0.4, 0.5) is 0 Å². The smallest absolute Gasteiger partial charge is 0.336 e. The molecule has 1 unspecified atom stereocenters. The lowest BCUT2D eigenvalue weighted by molar-refractivity contribution is -0.139. The molecule has 1 aromatic rings. The van der Waals surface area contributed by atoms with Crippen molar-refractivity contribution in [2.24, 2.45) is 10.9 Å². The molecule has 1 aliphatic carbocycles. The lowest BCUT2D eigenvalue weighted by Gasteiger charge is -2.36. The van der Waals surface area contributed by atoms with Gasteiger partial charge in [0.2, 0.25) is 0 Å². The minimum absolute atomic E-state index is 0.150. The maximum absolute atomic E-state index is 13.0. The van der Waals surface area contributed by atoms with Gasteiger partial charge < -0.3 is 9.47 Å². The van der Waals surface area contributed by atoms with E-state index in [0.29, 0.717) is 30.9 Å².